The molecule has 0 spiro atoms. The molecule has 1 heteroatoms. The van der Waals surface area contributed by atoms with Crippen LogP contribution in [0.2, 0.25) is 0 Å². The first-order valence-electron chi connectivity index (χ1n) is 9.18. The van der Waals surface area contributed by atoms with E-state index in [0.29, 0.717) is 0 Å². The van der Waals surface area contributed by atoms with Crippen molar-refractivity contribution >= 4 is 0 Å². The molecular weight excluding hydrogens is 230 g/mol. The van der Waals surface area contributed by atoms with Crippen LogP contribution in [0.5, 0.6) is 0 Å². The van der Waals surface area contributed by atoms with Crippen LogP contribution in [0.4, 0.5) is 0 Å². The summed E-state index contributed by atoms with van der Waals surface area (Å²) in [6.07, 6.45) is 17.5. The molecule has 1 N–H and O–H groups in total. The molecule has 0 atom stereocenters. The van der Waals surface area contributed by atoms with E-state index in [1.54, 1.807) is 4.90 Å². The average molecular weight is 271 g/mol. The van der Waals surface area contributed by atoms with Gasteiger partial charge in [0.05, 0.1) is 19.6 Å². The minimum atomic E-state index is 1.30. The third kappa shape index (κ3) is 14.2. The van der Waals surface area contributed by atoms with Gasteiger partial charge in [-0.3, -0.25) is 0 Å². The number of hydrogen-bond donors (Lipinski definition) is 1. The fourth-order valence-electron chi connectivity index (χ4n) is 2.82. The minimum Gasteiger partial charge on any atom is -0.335 e. The van der Waals surface area contributed by atoms with E-state index in [1.165, 1.54) is 96.7 Å². The second-order valence-corrected chi connectivity index (χ2v) is 6.10. The summed E-state index contributed by atoms with van der Waals surface area (Å²) < 4.78 is 0. The summed E-state index contributed by atoms with van der Waals surface area (Å²) in [5.74, 6) is 0. The van der Waals surface area contributed by atoms with Crippen molar-refractivity contribution in [2.45, 2.75) is 97.8 Å². The zero-order valence-corrected chi connectivity index (χ0v) is 14.1. The van der Waals surface area contributed by atoms with Gasteiger partial charge in [0.2, 0.25) is 0 Å². The van der Waals surface area contributed by atoms with Gasteiger partial charge in [-0.2, -0.15) is 0 Å². The second-order valence-electron chi connectivity index (χ2n) is 6.10. The lowest BCUT2D eigenvalue weighted by Gasteiger charge is -2.14. The van der Waals surface area contributed by atoms with Crippen molar-refractivity contribution in [2.75, 3.05) is 19.6 Å². The third-order valence-corrected chi connectivity index (χ3v) is 4.38. The predicted octanol–water partition coefficient (Wildman–Crippen LogP) is 4.61. The Hall–Kier alpha value is -0.0400. The fraction of sp³-hybridized carbons (Fsp3) is 1.00. The van der Waals surface area contributed by atoms with Gasteiger partial charge in [0.15, 0.2) is 0 Å². The molecule has 0 heterocycles. The molecule has 0 bridgehead atoms. The number of unbranched alkanes of at least 4 members (excludes halogenated alkanes) is 11. The van der Waals surface area contributed by atoms with Gasteiger partial charge in [0.1, 0.15) is 0 Å². The zero-order chi connectivity index (χ0) is 14.2. The van der Waals surface area contributed by atoms with E-state index in [2.05, 4.69) is 20.8 Å². The number of rotatable bonds is 15. The van der Waals surface area contributed by atoms with Crippen LogP contribution < -0.4 is 4.90 Å². The lowest BCUT2D eigenvalue weighted by molar-refractivity contribution is -0.896. The Balaban J connectivity index is 3.02. The SMILES string of the molecule is CCCCCCCCCCCCCC[NH+](CC)CC. The number of quaternary nitrogens is 1. The second kappa shape index (κ2) is 16.0. The molecule has 1 nitrogen and oxygen atoms in total. The summed E-state index contributed by atoms with van der Waals surface area (Å²) in [5, 5.41) is 0. The van der Waals surface area contributed by atoms with E-state index in [4.69, 9.17) is 0 Å². The molecule has 0 aromatic rings. The van der Waals surface area contributed by atoms with Gasteiger partial charge in [-0.1, -0.05) is 71.1 Å². The Kier molecular flexibility index (Phi) is 16.0. The first-order chi connectivity index (χ1) is 9.35. The van der Waals surface area contributed by atoms with Gasteiger partial charge < -0.3 is 4.90 Å². The van der Waals surface area contributed by atoms with Crippen molar-refractivity contribution in [3.8, 4) is 0 Å². The standard InChI is InChI=1S/C18H39N/c1-4-7-8-9-10-11-12-13-14-15-16-17-18-19(5-2)6-3/h4-18H2,1-3H3/p+1. The van der Waals surface area contributed by atoms with E-state index in [9.17, 15) is 0 Å². The van der Waals surface area contributed by atoms with Crippen molar-refractivity contribution in [1.29, 1.82) is 0 Å². The quantitative estimate of drug-likeness (QED) is 0.414. The Labute approximate surface area is 123 Å². The van der Waals surface area contributed by atoms with Crippen LogP contribution in [0, 0.1) is 0 Å². The summed E-state index contributed by atoms with van der Waals surface area (Å²) >= 11 is 0. The number of nitrogens with one attached hydrogen (secondary N) is 1. The van der Waals surface area contributed by atoms with Crippen molar-refractivity contribution in [1.82, 2.24) is 0 Å². The normalized spacial score (nSPS) is 11.4. The third-order valence-electron chi connectivity index (χ3n) is 4.38. The fourth-order valence-corrected chi connectivity index (χ4v) is 2.82. The lowest BCUT2D eigenvalue weighted by Crippen LogP contribution is -3.11. The molecule has 0 aromatic heterocycles. The van der Waals surface area contributed by atoms with Crippen molar-refractivity contribution in [3.05, 3.63) is 0 Å². The zero-order valence-electron chi connectivity index (χ0n) is 14.1. The summed E-state index contributed by atoms with van der Waals surface area (Å²) in [6, 6.07) is 0. The van der Waals surface area contributed by atoms with E-state index in [1.807, 2.05) is 0 Å². The van der Waals surface area contributed by atoms with Crippen LogP contribution in [-0.4, -0.2) is 19.6 Å². The van der Waals surface area contributed by atoms with Crippen LogP contribution >= 0.6 is 0 Å². The molecule has 0 saturated carbocycles. The first kappa shape index (κ1) is 19.0. The van der Waals surface area contributed by atoms with Gasteiger partial charge in [0, 0.05) is 0 Å². The molecule has 0 aliphatic rings. The average Bonchev–Trinajstić information content (AvgIpc) is 2.44. The molecule has 0 radical (unpaired) electrons. The summed E-state index contributed by atoms with van der Waals surface area (Å²) in [7, 11) is 0. The van der Waals surface area contributed by atoms with Crippen molar-refractivity contribution < 1.29 is 4.90 Å². The first-order valence-corrected chi connectivity index (χ1v) is 9.18. The highest BCUT2D eigenvalue weighted by Crippen LogP contribution is 2.11. The van der Waals surface area contributed by atoms with Crippen LogP contribution in [0.1, 0.15) is 97.8 Å². The highest BCUT2D eigenvalue weighted by Gasteiger charge is 2.00. The molecule has 19 heavy (non-hydrogen) atoms. The van der Waals surface area contributed by atoms with E-state index in [0.717, 1.165) is 0 Å². The molecular formula is C18H40N+. The van der Waals surface area contributed by atoms with Crippen molar-refractivity contribution in [3.63, 3.8) is 0 Å². The highest BCUT2D eigenvalue weighted by atomic mass is 15.1. The van der Waals surface area contributed by atoms with E-state index in [-0.39, 0.29) is 0 Å². The maximum Gasteiger partial charge on any atom is 0.0770 e. The van der Waals surface area contributed by atoms with Crippen LogP contribution in [0.25, 0.3) is 0 Å². The van der Waals surface area contributed by atoms with Gasteiger partial charge in [-0.05, 0) is 26.7 Å². The Bertz CT molecular complexity index is 152. The molecule has 0 saturated heterocycles. The number of hydrogen-bond acceptors (Lipinski definition) is 0. The van der Waals surface area contributed by atoms with E-state index < -0.39 is 0 Å². The summed E-state index contributed by atoms with van der Waals surface area (Å²) in [6.45, 7) is 10.9. The van der Waals surface area contributed by atoms with Gasteiger partial charge in [-0.25, -0.2) is 0 Å². The molecule has 0 amide bonds. The molecule has 0 unspecified atom stereocenters. The Morgan fingerprint density at radius 1 is 0.474 bits per heavy atom. The largest absolute Gasteiger partial charge is 0.335 e. The topological polar surface area (TPSA) is 4.44 Å². The molecule has 0 fully saturated rings. The lowest BCUT2D eigenvalue weighted by atomic mass is 10.1. The summed E-state index contributed by atoms with van der Waals surface area (Å²) in [5.41, 5.74) is 0. The molecule has 0 aliphatic carbocycles. The van der Waals surface area contributed by atoms with Crippen LogP contribution in [0.3, 0.4) is 0 Å². The summed E-state index contributed by atoms with van der Waals surface area (Å²) in [4.78, 5) is 1.77. The maximum absolute atomic E-state index is 2.30. The highest BCUT2D eigenvalue weighted by molar-refractivity contribution is 4.48. The Morgan fingerprint density at radius 3 is 1.21 bits per heavy atom. The monoisotopic (exact) mass is 270 g/mol. The van der Waals surface area contributed by atoms with Crippen LogP contribution in [0.15, 0.2) is 0 Å². The smallest absolute Gasteiger partial charge is 0.0770 e. The van der Waals surface area contributed by atoms with Crippen LogP contribution in [-0.2, 0) is 0 Å². The maximum atomic E-state index is 2.30. The molecule has 116 valence electrons. The predicted molar refractivity (Wildman–Crippen MR) is 88.0 cm³/mol. The van der Waals surface area contributed by atoms with Gasteiger partial charge in [0.25, 0.3) is 0 Å². The molecule has 0 aromatic carbocycles. The Morgan fingerprint density at radius 2 is 0.842 bits per heavy atom. The molecule has 0 rings (SSSR count). The van der Waals surface area contributed by atoms with E-state index >= 15 is 0 Å². The van der Waals surface area contributed by atoms with Gasteiger partial charge in [-0.15, -0.1) is 0 Å². The van der Waals surface area contributed by atoms with Gasteiger partial charge >= 0.3 is 0 Å². The van der Waals surface area contributed by atoms with Crippen molar-refractivity contribution in [2.24, 2.45) is 0 Å². The molecule has 0 aliphatic heterocycles. The minimum absolute atomic E-state index is 1.30.